The number of hydrogen-bond acceptors (Lipinski definition) is 6. The molecule has 2 unspecified atom stereocenters. The van der Waals surface area contributed by atoms with Crippen molar-refractivity contribution in [1.29, 1.82) is 0 Å². The highest BCUT2D eigenvalue weighted by atomic mass is 16.5. The third-order valence-electron chi connectivity index (χ3n) is 5.68. The van der Waals surface area contributed by atoms with Crippen LogP contribution in [-0.4, -0.2) is 68.3 Å². The number of carbonyl (C=O) groups excluding carboxylic acids is 2. The molecule has 1 N–H and O–H groups in total. The van der Waals surface area contributed by atoms with E-state index in [4.69, 9.17) is 4.74 Å². The Morgan fingerprint density at radius 1 is 1.17 bits per heavy atom. The minimum atomic E-state index is -0.0649. The van der Waals surface area contributed by atoms with Gasteiger partial charge in [0.2, 0.25) is 5.91 Å². The van der Waals surface area contributed by atoms with Gasteiger partial charge in [0.15, 0.2) is 0 Å². The van der Waals surface area contributed by atoms with Gasteiger partial charge in [-0.2, -0.15) is 5.10 Å². The van der Waals surface area contributed by atoms with E-state index in [1.807, 2.05) is 4.90 Å². The van der Waals surface area contributed by atoms with Crippen molar-refractivity contribution >= 4 is 11.8 Å². The zero-order valence-electron chi connectivity index (χ0n) is 16.3. The Kier molecular flexibility index (Phi) is 6.14. The summed E-state index contributed by atoms with van der Waals surface area (Å²) >= 11 is 0. The number of aromatic nitrogens is 4. The Morgan fingerprint density at radius 2 is 2.03 bits per heavy atom. The molecule has 4 heterocycles. The Balaban J connectivity index is 1.25. The number of carbonyl (C=O) groups is 2. The highest BCUT2D eigenvalue weighted by Crippen LogP contribution is 2.29. The van der Waals surface area contributed by atoms with E-state index < -0.39 is 0 Å². The summed E-state index contributed by atoms with van der Waals surface area (Å²) in [4.78, 5) is 34.7. The van der Waals surface area contributed by atoms with Gasteiger partial charge in [-0.1, -0.05) is 0 Å². The second-order valence-electron chi connectivity index (χ2n) is 7.62. The second-order valence-corrected chi connectivity index (χ2v) is 7.62. The topological polar surface area (TPSA) is 102 Å². The predicted molar refractivity (Wildman–Crippen MR) is 104 cm³/mol. The zero-order chi connectivity index (χ0) is 20.1. The van der Waals surface area contributed by atoms with Crippen LogP contribution in [0, 0.1) is 5.92 Å². The Labute approximate surface area is 169 Å². The van der Waals surface area contributed by atoms with E-state index in [2.05, 4.69) is 20.4 Å². The molecule has 0 bridgehead atoms. The highest BCUT2D eigenvalue weighted by molar-refractivity contribution is 5.92. The fourth-order valence-corrected chi connectivity index (χ4v) is 4.15. The van der Waals surface area contributed by atoms with Crippen molar-refractivity contribution in [2.75, 3.05) is 19.7 Å². The number of amides is 2. The fraction of sp³-hybridized carbons (Fsp3) is 0.550. The summed E-state index contributed by atoms with van der Waals surface area (Å²) in [7, 11) is 0. The van der Waals surface area contributed by atoms with Gasteiger partial charge in [0, 0.05) is 50.5 Å². The van der Waals surface area contributed by atoms with Crippen molar-refractivity contribution in [1.82, 2.24) is 30.0 Å². The number of piperidine rings is 1. The maximum Gasteiger partial charge on any atom is 0.274 e. The lowest BCUT2D eigenvalue weighted by Crippen LogP contribution is -2.48. The van der Waals surface area contributed by atoms with Crippen molar-refractivity contribution < 1.29 is 14.3 Å². The molecule has 2 aliphatic heterocycles. The lowest BCUT2D eigenvalue weighted by atomic mass is 9.86. The number of nitrogens with one attached hydrogen (secondary N) is 1. The lowest BCUT2D eigenvalue weighted by molar-refractivity contribution is -0.124. The number of ether oxygens (including phenoxy) is 1. The molecule has 4 rings (SSSR count). The van der Waals surface area contributed by atoms with Crippen LogP contribution in [0.4, 0.5) is 0 Å². The molecule has 2 atom stereocenters. The third kappa shape index (κ3) is 4.97. The lowest BCUT2D eigenvalue weighted by Gasteiger charge is -2.39. The molecule has 29 heavy (non-hydrogen) atoms. The maximum absolute atomic E-state index is 12.5. The molecule has 2 amide bonds. The van der Waals surface area contributed by atoms with Crippen LogP contribution in [0.2, 0.25) is 0 Å². The van der Waals surface area contributed by atoms with Crippen molar-refractivity contribution in [3.8, 4) is 0 Å². The molecular formula is C20H26N6O3. The third-order valence-corrected chi connectivity index (χ3v) is 5.68. The van der Waals surface area contributed by atoms with Gasteiger partial charge in [-0.15, -0.1) is 0 Å². The molecule has 2 aliphatic rings. The largest absolute Gasteiger partial charge is 0.378 e. The molecular weight excluding hydrogens is 372 g/mol. The van der Waals surface area contributed by atoms with Gasteiger partial charge in [-0.05, 0) is 37.7 Å². The van der Waals surface area contributed by atoms with Crippen molar-refractivity contribution in [3.63, 3.8) is 0 Å². The van der Waals surface area contributed by atoms with E-state index in [0.29, 0.717) is 31.3 Å². The molecule has 2 aromatic rings. The highest BCUT2D eigenvalue weighted by Gasteiger charge is 2.33. The number of likely N-dealkylation sites (tertiary alicyclic amines) is 1. The van der Waals surface area contributed by atoms with Gasteiger partial charge in [0.25, 0.3) is 5.91 Å². The van der Waals surface area contributed by atoms with E-state index in [9.17, 15) is 9.59 Å². The quantitative estimate of drug-likeness (QED) is 0.803. The minimum Gasteiger partial charge on any atom is -0.378 e. The molecule has 154 valence electrons. The number of nitrogens with zero attached hydrogens (tertiary/aromatic N) is 5. The van der Waals surface area contributed by atoms with Gasteiger partial charge >= 0.3 is 0 Å². The molecule has 0 aromatic carbocycles. The van der Waals surface area contributed by atoms with Crippen LogP contribution in [0.3, 0.4) is 0 Å². The normalized spacial score (nSPS) is 23.0. The predicted octanol–water partition coefficient (Wildman–Crippen LogP) is 0.889. The van der Waals surface area contributed by atoms with Crippen LogP contribution in [-0.2, 0) is 16.1 Å². The summed E-state index contributed by atoms with van der Waals surface area (Å²) in [6.45, 7) is 2.26. The molecule has 2 aromatic heterocycles. The van der Waals surface area contributed by atoms with Crippen molar-refractivity contribution in [2.45, 2.75) is 44.4 Å². The van der Waals surface area contributed by atoms with E-state index >= 15 is 0 Å². The summed E-state index contributed by atoms with van der Waals surface area (Å²) in [6, 6.07) is 1.93. The standard InChI is InChI=1S/C20H26N6O3/c27-19(14-26-8-1-5-23-26)24-16-4-11-29-18(12-16)15-2-9-25(10-3-15)20(28)17-13-21-6-7-22-17/h1,5-8,13,15-16,18H,2-4,9-12,14H2,(H,24,27). The molecule has 0 radical (unpaired) electrons. The number of rotatable bonds is 5. The van der Waals surface area contributed by atoms with Gasteiger partial charge in [-0.3, -0.25) is 19.3 Å². The summed E-state index contributed by atoms with van der Waals surface area (Å²) < 4.78 is 7.64. The fourth-order valence-electron chi connectivity index (χ4n) is 4.15. The Morgan fingerprint density at radius 3 is 2.76 bits per heavy atom. The van der Waals surface area contributed by atoms with Crippen LogP contribution >= 0.6 is 0 Å². The molecule has 2 fully saturated rings. The van der Waals surface area contributed by atoms with E-state index in [-0.39, 0.29) is 30.5 Å². The van der Waals surface area contributed by atoms with Crippen molar-refractivity contribution in [3.05, 3.63) is 42.7 Å². The summed E-state index contributed by atoms with van der Waals surface area (Å²) in [5.74, 6) is 0.306. The van der Waals surface area contributed by atoms with Gasteiger partial charge < -0.3 is 15.0 Å². The first-order chi connectivity index (χ1) is 14.2. The average molecular weight is 398 g/mol. The van der Waals surface area contributed by atoms with Crippen LogP contribution in [0.5, 0.6) is 0 Å². The second kappa shape index (κ2) is 9.13. The molecule has 0 saturated carbocycles. The van der Waals surface area contributed by atoms with Crippen LogP contribution < -0.4 is 5.32 Å². The smallest absolute Gasteiger partial charge is 0.274 e. The molecule has 9 nitrogen and oxygen atoms in total. The average Bonchev–Trinajstić information content (AvgIpc) is 3.27. The van der Waals surface area contributed by atoms with Gasteiger partial charge in [-0.25, -0.2) is 4.98 Å². The molecule has 9 heteroatoms. The number of hydrogen-bond donors (Lipinski definition) is 1. The first kappa shape index (κ1) is 19.5. The molecule has 2 saturated heterocycles. The van der Waals surface area contributed by atoms with E-state index in [1.54, 1.807) is 29.3 Å². The zero-order valence-corrected chi connectivity index (χ0v) is 16.3. The maximum atomic E-state index is 12.5. The first-order valence-corrected chi connectivity index (χ1v) is 10.1. The van der Waals surface area contributed by atoms with E-state index in [0.717, 1.165) is 25.7 Å². The summed E-state index contributed by atoms with van der Waals surface area (Å²) in [5.41, 5.74) is 0.389. The Hall–Kier alpha value is -2.81. The molecule has 0 aliphatic carbocycles. The SMILES string of the molecule is O=C(Cn1cccn1)NC1CCOC(C2CCN(C(=O)c3cnccn3)CC2)C1. The van der Waals surface area contributed by atoms with Crippen LogP contribution in [0.1, 0.15) is 36.2 Å². The Bertz CT molecular complexity index is 805. The molecule has 0 spiro atoms. The van der Waals surface area contributed by atoms with Crippen molar-refractivity contribution in [2.24, 2.45) is 5.92 Å². The van der Waals surface area contributed by atoms with Crippen LogP contribution in [0.25, 0.3) is 0 Å². The van der Waals surface area contributed by atoms with Gasteiger partial charge in [0.1, 0.15) is 12.2 Å². The summed E-state index contributed by atoms with van der Waals surface area (Å²) in [6.07, 6.45) is 11.6. The monoisotopic (exact) mass is 398 g/mol. The summed E-state index contributed by atoms with van der Waals surface area (Å²) in [5, 5.41) is 7.19. The minimum absolute atomic E-state index is 0.0243. The van der Waals surface area contributed by atoms with Crippen LogP contribution in [0.15, 0.2) is 37.1 Å². The van der Waals surface area contributed by atoms with E-state index in [1.165, 1.54) is 12.4 Å². The van der Waals surface area contributed by atoms with Gasteiger partial charge in [0.05, 0.1) is 12.3 Å². The first-order valence-electron chi connectivity index (χ1n) is 10.1.